The summed E-state index contributed by atoms with van der Waals surface area (Å²) in [4.78, 5) is 12.2. The number of rotatable bonds is 5. The topological polar surface area (TPSA) is 53.3 Å². The summed E-state index contributed by atoms with van der Waals surface area (Å²) in [7, 11) is 0. The SMILES string of the molecule is C=CC(=O)Oc1c(F)cc(F)cc1C(=C1CC(C)(C)CC(C)(C)C1)c1ccc2c(cnn2C2CCCCO2)c1. The summed E-state index contributed by atoms with van der Waals surface area (Å²) >= 11 is 0. The van der Waals surface area contributed by atoms with Gasteiger partial charge in [0, 0.05) is 29.7 Å². The van der Waals surface area contributed by atoms with Gasteiger partial charge in [-0.2, -0.15) is 5.10 Å². The van der Waals surface area contributed by atoms with Gasteiger partial charge in [-0.1, -0.05) is 45.9 Å². The average molecular weight is 535 g/mol. The summed E-state index contributed by atoms with van der Waals surface area (Å²) in [5, 5.41) is 5.52. The lowest BCUT2D eigenvalue weighted by Gasteiger charge is -2.43. The molecule has 2 aromatic carbocycles. The molecule has 0 N–H and O–H groups in total. The van der Waals surface area contributed by atoms with E-state index in [1.807, 2.05) is 22.9 Å². The zero-order chi connectivity index (χ0) is 27.9. The summed E-state index contributed by atoms with van der Waals surface area (Å²) in [6.45, 7) is 13.0. The average Bonchev–Trinajstić information content (AvgIpc) is 3.28. The van der Waals surface area contributed by atoms with Crippen molar-refractivity contribution >= 4 is 22.4 Å². The maximum absolute atomic E-state index is 15.2. The molecule has 1 aliphatic heterocycles. The molecule has 2 aliphatic rings. The third-order valence-electron chi connectivity index (χ3n) is 7.65. The highest BCUT2D eigenvalue weighted by Gasteiger charge is 2.38. The monoisotopic (exact) mass is 534 g/mol. The van der Waals surface area contributed by atoms with E-state index in [-0.39, 0.29) is 28.4 Å². The molecule has 1 atom stereocenters. The number of ether oxygens (including phenoxy) is 2. The lowest BCUT2D eigenvalue weighted by Crippen LogP contribution is -2.30. The van der Waals surface area contributed by atoms with Crippen LogP contribution in [0.2, 0.25) is 0 Å². The number of hydrogen-bond donors (Lipinski definition) is 0. The summed E-state index contributed by atoms with van der Waals surface area (Å²) in [5.41, 5.74) is 3.63. The number of benzene rings is 2. The molecule has 3 aromatic rings. The minimum atomic E-state index is -0.934. The first-order chi connectivity index (χ1) is 18.5. The fraction of sp³-hybridized carbons (Fsp3) is 0.438. The molecular weight excluding hydrogens is 498 g/mol. The van der Waals surface area contributed by atoms with Crippen molar-refractivity contribution in [1.29, 1.82) is 0 Å². The molecule has 5 nitrogen and oxygen atoms in total. The van der Waals surface area contributed by atoms with Crippen LogP contribution in [0.15, 0.2) is 54.8 Å². The lowest BCUT2D eigenvalue weighted by molar-refractivity contribution is -0.129. The third-order valence-corrected chi connectivity index (χ3v) is 7.65. The van der Waals surface area contributed by atoms with Crippen LogP contribution >= 0.6 is 0 Å². The van der Waals surface area contributed by atoms with Crippen molar-refractivity contribution in [3.8, 4) is 5.75 Å². The van der Waals surface area contributed by atoms with Gasteiger partial charge in [-0.15, -0.1) is 0 Å². The van der Waals surface area contributed by atoms with Crippen LogP contribution in [0.4, 0.5) is 8.78 Å². The van der Waals surface area contributed by atoms with E-state index in [0.29, 0.717) is 12.2 Å². The molecule has 0 bridgehead atoms. The van der Waals surface area contributed by atoms with Gasteiger partial charge in [-0.3, -0.25) is 0 Å². The van der Waals surface area contributed by atoms with E-state index in [2.05, 4.69) is 39.4 Å². The Morgan fingerprint density at radius 3 is 2.54 bits per heavy atom. The highest BCUT2D eigenvalue weighted by Crippen LogP contribution is 2.52. The molecule has 2 heterocycles. The summed E-state index contributed by atoms with van der Waals surface area (Å²) < 4.78 is 43.3. The number of hydrogen-bond acceptors (Lipinski definition) is 4. The van der Waals surface area contributed by atoms with Crippen LogP contribution in [0.5, 0.6) is 5.75 Å². The Morgan fingerprint density at radius 1 is 1.13 bits per heavy atom. The van der Waals surface area contributed by atoms with Crippen molar-refractivity contribution in [3.63, 3.8) is 0 Å². The zero-order valence-corrected chi connectivity index (χ0v) is 23.2. The number of aromatic nitrogens is 2. The van der Waals surface area contributed by atoms with Crippen molar-refractivity contribution in [3.05, 3.63) is 77.5 Å². The second kappa shape index (κ2) is 10.3. The van der Waals surface area contributed by atoms with Crippen LogP contribution in [0.1, 0.15) is 83.6 Å². The molecule has 1 saturated carbocycles. The van der Waals surface area contributed by atoms with E-state index in [0.717, 1.165) is 72.7 Å². The first kappa shape index (κ1) is 27.3. The Balaban J connectivity index is 1.73. The van der Waals surface area contributed by atoms with Crippen LogP contribution in [0.3, 0.4) is 0 Å². The highest BCUT2D eigenvalue weighted by molar-refractivity contribution is 5.92. The van der Waals surface area contributed by atoms with Crippen LogP contribution in [0, 0.1) is 22.5 Å². The number of carbonyl (C=O) groups excluding carboxylic acids is 1. The molecule has 1 aliphatic carbocycles. The number of nitrogens with zero attached hydrogens (tertiary/aromatic N) is 2. The number of allylic oxidation sites excluding steroid dienone is 1. The largest absolute Gasteiger partial charge is 0.420 e. The van der Waals surface area contributed by atoms with Crippen LogP contribution in [-0.2, 0) is 9.53 Å². The summed E-state index contributed by atoms with van der Waals surface area (Å²) in [5.74, 6) is -2.77. The number of fused-ring (bicyclic) bond motifs is 1. The predicted molar refractivity (Wildman–Crippen MR) is 148 cm³/mol. The third kappa shape index (κ3) is 5.69. The quantitative estimate of drug-likeness (QED) is 0.188. The molecule has 7 heteroatoms. The van der Waals surface area contributed by atoms with E-state index in [1.54, 1.807) is 6.20 Å². The standard InChI is InChI=1S/C32H36F2N2O3/c1-6-28(37)39-30-24(14-23(33)15-25(30)34)29(22-16-31(2,3)19-32(4,5)17-22)20-10-11-26-21(13-20)18-35-36(26)27-9-7-8-12-38-27/h6,10-11,13-15,18,27H,1,7-9,12,16-17,19H2,2-5H3. The molecule has 1 unspecified atom stereocenters. The number of esters is 1. The van der Waals surface area contributed by atoms with Gasteiger partial charge in [0.15, 0.2) is 17.8 Å². The molecule has 0 amide bonds. The van der Waals surface area contributed by atoms with Crippen molar-refractivity contribution in [1.82, 2.24) is 9.78 Å². The van der Waals surface area contributed by atoms with Crippen molar-refractivity contribution in [2.75, 3.05) is 6.61 Å². The van der Waals surface area contributed by atoms with Crippen LogP contribution in [-0.4, -0.2) is 22.4 Å². The maximum atomic E-state index is 15.2. The second-order valence-electron chi connectivity index (χ2n) is 12.4. The van der Waals surface area contributed by atoms with Gasteiger partial charge < -0.3 is 9.47 Å². The molecule has 39 heavy (non-hydrogen) atoms. The van der Waals surface area contributed by atoms with Gasteiger partial charge >= 0.3 is 5.97 Å². The Kier molecular flexibility index (Phi) is 7.23. The smallest absolute Gasteiger partial charge is 0.335 e. The second-order valence-corrected chi connectivity index (χ2v) is 12.4. The lowest BCUT2D eigenvalue weighted by atomic mass is 9.62. The van der Waals surface area contributed by atoms with Crippen LogP contribution < -0.4 is 4.74 Å². The molecule has 0 spiro atoms. The van der Waals surface area contributed by atoms with Crippen molar-refractivity contribution in [2.24, 2.45) is 10.8 Å². The molecule has 1 aromatic heterocycles. The van der Waals surface area contributed by atoms with E-state index >= 15 is 4.39 Å². The predicted octanol–water partition coefficient (Wildman–Crippen LogP) is 8.14. The van der Waals surface area contributed by atoms with Crippen molar-refractivity contribution < 1.29 is 23.0 Å². The highest BCUT2D eigenvalue weighted by atomic mass is 19.1. The van der Waals surface area contributed by atoms with Gasteiger partial charge in [-0.05, 0) is 78.7 Å². The van der Waals surface area contributed by atoms with Gasteiger partial charge in [0.2, 0.25) is 0 Å². The first-order valence-corrected chi connectivity index (χ1v) is 13.6. The first-order valence-electron chi connectivity index (χ1n) is 13.6. The van der Waals surface area contributed by atoms with E-state index in [9.17, 15) is 9.18 Å². The van der Waals surface area contributed by atoms with E-state index < -0.39 is 17.6 Å². The minimum absolute atomic E-state index is 0.0283. The van der Waals surface area contributed by atoms with Crippen LogP contribution in [0.25, 0.3) is 16.5 Å². The summed E-state index contributed by atoms with van der Waals surface area (Å²) in [6, 6.07) is 7.95. The number of halogens is 2. The van der Waals surface area contributed by atoms with Gasteiger partial charge in [0.05, 0.1) is 11.7 Å². The minimum Gasteiger partial charge on any atom is -0.420 e. The zero-order valence-electron chi connectivity index (χ0n) is 23.2. The van der Waals surface area contributed by atoms with E-state index in [1.165, 1.54) is 6.07 Å². The van der Waals surface area contributed by atoms with Gasteiger partial charge in [0.1, 0.15) is 5.82 Å². The number of carbonyl (C=O) groups is 1. The molecule has 2 fully saturated rings. The Morgan fingerprint density at radius 2 is 1.87 bits per heavy atom. The molecule has 1 saturated heterocycles. The molecule has 0 radical (unpaired) electrons. The Hall–Kier alpha value is -3.32. The van der Waals surface area contributed by atoms with Gasteiger partial charge in [0.25, 0.3) is 0 Å². The molecular formula is C32H36F2N2O3. The molecule has 206 valence electrons. The van der Waals surface area contributed by atoms with Gasteiger partial charge in [-0.25, -0.2) is 18.3 Å². The maximum Gasteiger partial charge on any atom is 0.335 e. The summed E-state index contributed by atoms with van der Waals surface area (Å²) in [6.07, 6.45) is 8.20. The van der Waals surface area contributed by atoms with E-state index in [4.69, 9.17) is 9.47 Å². The Bertz CT molecular complexity index is 1440. The normalized spacial score (nSPS) is 20.6. The fourth-order valence-corrected chi connectivity index (χ4v) is 6.71. The molecule has 5 rings (SSSR count). The van der Waals surface area contributed by atoms with Crippen molar-refractivity contribution in [2.45, 2.75) is 72.4 Å². The Labute approximate surface area is 228 Å². The fourth-order valence-electron chi connectivity index (χ4n) is 6.71.